The molecule has 0 saturated heterocycles. The first-order valence-electron chi connectivity index (χ1n) is 5.54. The number of hydrogen-bond acceptors (Lipinski definition) is 3. The van der Waals surface area contributed by atoms with E-state index >= 15 is 0 Å². The molecule has 1 aromatic heterocycles. The van der Waals surface area contributed by atoms with Crippen LogP contribution >= 0.6 is 23.1 Å². The fourth-order valence-corrected chi connectivity index (χ4v) is 4.27. The van der Waals surface area contributed by atoms with Crippen molar-refractivity contribution in [1.29, 1.82) is 0 Å². The number of fused-ring (bicyclic) bond motifs is 1. The van der Waals surface area contributed by atoms with Crippen LogP contribution in [0, 0.1) is 5.92 Å². The summed E-state index contributed by atoms with van der Waals surface area (Å²) < 4.78 is 0. The maximum atomic E-state index is 10.0. The number of hydrogen-bond donors (Lipinski definition) is 1. The molecule has 0 amide bonds. The zero-order valence-corrected chi connectivity index (χ0v) is 11.0. The lowest BCUT2D eigenvalue weighted by Gasteiger charge is -2.10. The SMILES string of the molecule is CC(C)CC(O)c1cc2c(s1)CCSC2. The van der Waals surface area contributed by atoms with Crippen molar-refractivity contribution >= 4 is 23.1 Å². The minimum Gasteiger partial charge on any atom is -0.388 e. The molecule has 2 rings (SSSR count). The molecule has 0 saturated carbocycles. The summed E-state index contributed by atoms with van der Waals surface area (Å²) in [6, 6.07) is 2.22. The van der Waals surface area contributed by atoms with E-state index in [9.17, 15) is 5.11 Å². The van der Waals surface area contributed by atoms with Crippen LogP contribution in [0.5, 0.6) is 0 Å². The molecule has 0 radical (unpaired) electrons. The van der Waals surface area contributed by atoms with Crippen LogP contribution in [0.25, 0.3) is 0 Å². The van der Waals surface area contributed by atoms with Crippen LogP contribution < -0.4 is 0 Å². The van der Waals surface area contributed by atoms with Gasteiger partial charge in [-0.1, -0.05) is 13.8 Å². The van der Waals surface area contributed by atoms with E-state index < -0.39 is 0 Å². The molecular weight excluding hydrogens is 224 g/mol. The van der Waals surface area contributed by atoms with Crippen molar-refractivity contribution in [2.24, 2.45) is 5.92 Å². The first-order valence-corrected chi connectivity index (χ1v) is 7.51. The Bertz CT molecular complexity index is 307. The first-order chi connectivity index (χ1) is 7.16. The lowest BCUT2D eigenvalue weighted by atomic mass is 10.0. The Labute approximate surface area is 99.9 Å². The third kappa shape index (κ3) is 2.77. The Morgan fingerprint density at radius 3 is 2.93 bits per heavy atom. The van der Waals surface area contributed by atoms with Gasteiger partial charge < -0.3 is 5.11 Å². The Morgan fingerprint density at radius 2 is 2.27 bits per heavy atom. The standard InChI is InChI=1S/C12H18OS2/c1-8(2)5-10(13)12-6-9-7-14-4-3-11(9)15-12/h6,8,10,13H,3-5,7H2,1-2H3. The summed E-state index contributed by atoms with van der Waals surface area (Å²) in [6.45, 7) is 4.32. The smallest absolute Gasteiger partial charge is 0.0884 e. The van der Waals surface area contributed by atoms with Gasteiger partial charge in [-0.25, -0.2) is 0 Å². The number of aliphatic hydroxyl groups is 1. The predicted molar refractivity (Wildman–Crippen MR) is 68.6 cm³/mol. The topological polar surface area (TPSA) is 20.2 Å². The van der Waals surface area contributed by atoms with Crippen LogP contribution in [-0.4, -0.2) is 10.9 Å². The highest BCUT2D eigenvalue weighted by Crippen LogP contribution is 2.35. The summed E-state index contributed by atoms with van der Waals surface area (Å²) in [7, 11) is 0. The summed E-state index contributed by atoms with van der Waals surface area (Å²) in [5.41, 5.74) is 1.47. The molecule has 84 valence electrons. The molecule has 2 heterocycles. The average Bonchev–Trinajstić information content (AvgIpc) is 2.59. The van der Waals surface area contributed by atoms with Crippen molar-refractivity contribution in [3.8, 4) is 0 Å². The van der Waals surface area contributed by atoms with E-state index in [1.807, 2.05) is 23.1 Å². The van der Waals surface area contributed by atoms with Crippen molar-refractivity contribution in [3.05, 3.63) is 21.4 Å². The maximum Gasteiger partial charge on any atom is 0.0884 e. The van der Waals surface area contributed by atoms with Gasteiger partial charge in [-0.2, -0.15) is 11.8 Å². The molecular formula is C12H18OS2. The second-order valence-electron chi connectivity index (χ2n) is 4.55. The molecule has 1 aromatic rings. The fourth-order valence-electron chi connectivity index (χ4n) is 1.90. The van der Waals surface area contributed by atoms with Crippen LogP contribution in [0.15, 0.2) is 6.07 Å². The van der Waals surface area contributed by atoms with Gasteiger partial charge in [-0.15, -0.1) is 11.3 Å². The Morgan fingerprint density at radius 1 is 1.47 bits per heavy atom. The largest absolute Gasteiger partial charge is 0.388 e. The molecule has 15 heavy (non-hydrogen) atoms. The van der Waals surface area contributed by atoms with E-state index in [-0.39, 0.29) is 6.10 Å². The minimum atomic E-state index is -0.245. The van der Waals surface area contributed by atoms with Gasteiger partial charge in [-0.3, -0.25) is 0 Å². The summed E-state index contributed by atoms with van der Waals surface area (Å²) >= 11 is 3.82. The van der Waals surface area contributed by atoms with Gasteiger partial charge in [0.2, 0.25) is 0 Å². The molecule has 1 aliphatic rings. The minimum absolute atomic E-state index is 0.245. The first kappa shape index (κ1) is 11.5. The van der Waals surface area contributed by atoms with Gasteiger partial charge in [0, 0.05) is 15.5 Å². The number of rotatable bonds is 3. The lowest BCUT2D eigenvalue weighted by Crippen LogP contribution is -1.99. The molecule has 1 aliphatic heterocycles. The maximum absolute atomic E-state index is 10.0. The van der Waals surface area contributed by atoms with Gasteiger partial charge in [0.1, 0.15) is 0 Å². The van der Waals surface area contributed by atoms with Gasteiger partial charge in [0.25, 0.3) is 0 Å². The summed E-state index contributed by atoms with van der Waals surface area (Å²) in [5.74, 6) is 2.95. The highest BCUT2D eigenvalue weighted by Gasteiger charge is 2.18. The summed E-state index contributed by atoms with van der Waals surface area (Å²) in [5, 5.41) is 10.0. The number of thioether (sulfide) groups is 1. The van der Waals surface area contributed by atoms with E-state index in [2.05, 4.69) is 19.9 Å². The van der Waals surface area contributed by atoms with Crippen molar-refractivity contribution in [2.75, 3.05) is 5.75 Å². The quantitative estimate of drug-likeness (QED) is 0.873. The highest BCUT2D eigenvalue weighted by atomic mass is 32.2. The normalized spacial score (nSPS) is 17.9. The van der Waals surface area contributed by atoms with E-state index in [0.717, 1.165) is 12.2 Å². The Kier molecular flexibility index (Phi) is 3.75. The van der Waals surface area contributed by atoms with Gasteiger partial charge in [0.05, 0.1) is 6.10 Å². The van der Waals surface area contributed by atoms with Crippen LogP contribution in [0.3, 0.4) is 0 Å². The third-order valence-electron chi connectivity index (χ3n) is 2.67. The second-order valence-corrected chi connectivity index (χ2v) is 6.82. The number of aliphatic hydroxyl groups excluding tert-OH is 1. The lowest BCUT2D eigenvalue weighted by molar-refractivity contribution is 0.154. The molecule has 0 fully saturated rings. The van der Waals surface area contributed by atoms with Crippen molar-refractivity contribution in [3.63, 3.8) is 0 Å². The third-order valence-corrected chi connectivity index (χ3v) is 5.02. The van der Waals surface area contributed by atoms with E-state index in [0.29, 0.717) is 5.92 Å². The average molecular weight is 242 g/mol. The molecule has 1 unspecified atom stereocenters. The summed E-state index contributed by atoms with van der Waals surface area (Å²) in [4.78, 5) is 2.68. The molecule has 1 atom stereocenters. The van der Waals surface area contributed by atoms with Crippen LogP contribution in [0.2, 0.25) is 0 Å². The van der Waals surface area contributed by atoms with E-state index in [1.165, 1.54) is 27.5 Å². The van der Waals surface area contributed by atoms with Crippen LogP contribution in [0.4, 0.5) is 0 Å². The fraction of sp³-hybridized carbons (Fsp3) is 0.667. The zero-order valence-electron chi connectivity index (χ0n) is 9.32. The molecule has 0 bridgehead atoms. The van der Waals surface area contributed by atoms with Crippen LogP contribution in [0.1, 0.15) is 41.7 Å². The molecule has 1 nitrogen and oxygen atoms in total. The number of aryl methyl sites for hydroxylation is 1. The van der Waals surface area contributed by atoms with Crippen molar-refractivity contribution < 1.29 is 5.11 Å². The van der Waals surface area contributed by atoms with Crippen LogP contribution in [-0.2, 0) is 12.2 Å². The van der Waals surface area contributed by atoms with E-state index in [1.54, 1.807) is 0 Å². The van der Waals surface area contributed by atoms with Gasteiger partial charge in [0.15, 0.2) is 0 Å². The van der Waals surface area contributed by atoms with E-state index in [4.69, 9.17) is 0 Å². The van der Waals surface area contributed by atoms with Crippen molar-refractivity contribution in [2.45, 2.75) is 38.5 Å². The molecule has 0 spiro atoms. The number of thiophene rings is 1. The van der Waals surface area contributed by atoms with Crippen molar-refractivity contribution in [1.82, 2.24) is 0 Å². The molecule has 1 N–H and O–H groups in total. The monoisotopic (exact) mass is 242 g/mol. The molecule has 0 aliphatic carbocycles. The highest BCUT2D eigenvalue weighted by molar-refractivity contribution is 7.98. The zero-order chi connectivity index (χ0) is 10.8. The van der Waals surface area contributed by atoms with Gasteiger partial charge >= 0.3 is 0 Å². The Balaban J connectivity index is 2.11. The molecule has 3 heteroatoms. The Hall–Kier alpha value is 0.01000. The van der Waals surface area contributed by atoms with Gasteiger partial charge in [-0.05, 0) is 36.1 Å². The summed E-state index contributed by atoms with van der Waals surface area (Å²) in [6.07, 6.45) is 1.83. The predicted octanol–water partition coefficient (Wildman–Crippen LogP) is 3.62. The molecule has 0 aromatic carbocycles. The second kappa shape index (κ2) is 4.89.